The Labute approximate surface area is 203 Å². The van der Waals surface area contributed by atoms with Gasteiger partial charge in [0.1, 0.15) is 12.2 Å². The summed E-state index contributed by atoms with van der Waals surface area (Å²) >= 11 is 0. The van der Waals surface area contributed by atoms with Crippen molar-refractivity contribution in [1.29, 1.82) is 0 Å². The Morgan fingerprint density at radius 2 is 1.71 bits per heavy atom. The summed E-state index contributed by atoms with van der Waals surface area (Å²) in [4.78, 5) is 0. The number of ether oxygens (including phenoxy) is 6. The van der Waals surface area contributed by atoms with Gasteiger partial charge in [0.2, 0.25) is 5.79 Å². The van der Waals surface area contributed by atoms with E-state index in [-0.39, 0.29) is 31.0 Å². The molecule has 3 heterocycles. The zero-order valence-corrected chi connectivity index (χ0v) is 21.5. The van der Waals surface area contributed by atoms with E-state index in [0.29, 0.717) is 37.6 Å². The van der Waals surface area contributed by atoms with Gasteiger partial charge in [0.15, 0.2) is 19.4 Å². The number of rotatable bonds is 1. The van der Waals surface area contributed by atoms with Crippen molar-refractivity contribution in [2.24, 2.45) is 34.5 Å². The molecule has 9 heteroatoms. The number of hydrogen-bond donors (Lipinski definition) is 1. The molecular weight excluding hydrogens is 459 g/mol. The Bertz CT molecular complexity index is 824. The van der Waals surface area contributed by atoms with E-state index in [1.165, 1.54) is 0 Å². The minimum Gasteiger partial charge on any atom is -0.392 e. The van der Waals surface area contributed by atoms with Gasteiger partial charge in [-0.1, -0.05) is 13.8 Å². The van der Waals surface area contributed by atoms with Gasteiger partial charge in [0, 0.05) is 27.7 Å². The molecule has 192 valence electrons. The fourth-order valence-corrected chi connectivity index (χ4v) is 10.3. The first-order valence-corrected chi connectivity index (χ1v) is 13.6. The van der Waals surface area contributed by atoms with Gasteiger partial charge < -0.3 is 38.1 Å². The minimum absolute atomic E-state index is 0.107. The summed E-state index contributed by atoms with van der Waals surface area (Å²) in [5.41, 5.74) is -1.09. The van der Waals surface area contributed by atoms with E-state index in [2.05, 4.69) is 23.3 Å². The van der Waals surface area contributed by atoms with Gasteiger partial charge in [-0.25, -0.2) is 0 Å². The maximum Gasteiger partial charge on any atom is 0.226 e. The van der Waals surface area contributed by atoms with Crippen molar-refractivity contribution in [3.05, 3.63) is 0 Å². The molecule has 7 fully saturated rings. The molecule has 3 saturated heterocycles. The van der Waals surface area contributed by atoms with Crippen molar-refractivity contribution in [2.45, 2.75) is 88.2 Å². The molecule has 0 aromatic carbocycles. The normalized spacial score (nSPS) is 57.9. The van der Waals surface area contributed by atoms with Crippen molar-refractivity contribution in [2.75, 3.05) is 33.4 Å². The molecular formula is C25H39O8P. The summed E-state index contributed by atoms with van der Waals surface area (Å²) < 4.78 is 42.8. The standard InChI is InChI=1S/C25H39O8P/c1-21-5-6-23(28-7-8-29-23)11-15(21)9-18(33-34)20-16-3-4-24(22(16,2)19(26)10-17(20)21)25(32-14-30-24)12-27-13-31-25/h15-20,26H,3-14,34H2,1-2H3/t15-,16?,17?,18-,19+,20?,21+,22-,24-,25?/m1/s1. The van der Waals surface area contributed by atoms with Crippen LogP contribution < -0.4 is 0 Å². The monoisotopic (exact) mass is 498 g/mol. The maximum atomic E-state index is 12.0. The quantitative estimate of drug-likeness (QED) is 0.553. The van der Waals surface area contributed by atoms with Crippen LogP contribution in [-0.4, -0.2) is 67.9 Å². The second kappa shape index (κ2) is 7.58. The number of aliphatic hydroxyl groups excluding tert-OH is 1. The lowest BCUT2D eigenvalue weighted by Gasteiger charge is -2.65. The molecule has 0 bridgehead atoms. The lowest BCUT2D eigenvalue weighted by atomic mass is 9.42. The van der Waals surface area contributed by atoms with Crippen molar-refractivity contribution in [1.82, 2.24) is 0 Å². The van der Waals surface area contributed by atoms with Crippen molar-refractivity contribution in [3.63, 3.8) is 0 Å². The Kier molecular flexibility index (Phi) is 5.18. The van der Waals surface area contributed by atoms with Gasteiger partial charge in [-0.2, -0.15) is 0 Å². The van der Waals surface area contributed by atoms with E-state index in [0.717, 1.165) is 44.9 Å². The summed E-state index contributed by atoms with van der Waals surface area (Å²) in [6.07, 6.45) is 6.00. The highest BCUT2D eigenvalue weighted by molar-refractivity contribution is 7.09. The second-order valence-electron chi connectivity index (χ2n) is 12.4. The summed E-state index contributed by atoms with van der Waals surface area (Å²) in [6, 6.07) is 0. The molecule has 7 aliphatic rings. The molecule has 0 radical (unpaired) electrons. The predicted molar refractivity (Wildman–Crippen MR) is 122 cm³/mol. The highest BCUT2D eigenvalue weighted by atomic mass is 31.0. The average molecular weight is 499 g/mol. The third-order valence-corrected chi connectivity index (χ3v) is 12.1. The van der Waals surface area contributed by atoms with Crippen molar-refractivity contribution in [3.8, 4) is 0 Å². The zero-order valence-electron chi connectivity index (χ0n) is 20.3. The lowest BCUT2D eigenvalue weighted by molar-refractivity contribution is -0.286. The fraction of sp³-hybridized carbons (Fsp3) is 1.00. The van der Waals surface area contributed by atoms with Crippen molar-refractivity contribution < 1.29 is 38.1 Å². The summed E-state index contributed by atoms with van der Waals surface area (Å²) in [7, 11) is 2.56. The smallest absolute Gasteiger partial charge is 0.226 e. The van der Waals surface area contributed by atoms with Crippen LogP contribution in [0, 0.1) is 34.5 Å². The molecule has 4 saturated carbocycles. The van der Waals surface area contributed by atoms with Gasteiger partial charge in [0.05, 0.1) is 25.4 Å². The Morgan fingerprint density at radius 3 is 2.44 bits per heavy atom. The highest BCUT2D eigenvalue weighted by Gasteiger charge is 2.79. The van der Waals surface area contributed by atoms with Crippen LogP contribution in [-0.2, 0) is 32.9 Å². The first-order valence-electron chi connectivity index (χ1n) is 13.1. The van der Waals surface area contributed by atoms with Gasteiger partial charge in [0.25, 0.3) is 0 Å². The molecule has 4 aliphatic carbocycles. The largest absolute Gasteiger partial charge is 0.392 e. The number of aliphatic hydroxyl groups is 1. The van der Waals surface area contributed by atoms with E-state index < -0.39 is 28.7 Å². The summed E-state index contributed by atoms with van der Waals surface area (Å²) in [6.45, 7) is 6.79. The highest BCUT2D eigenvalue weighted by Crippen LogP contribution is 2.72. The zero-order chi connectivity index (χ0) is 23.4. The number of hydrogen-bond acceptors (Lipinski definition) is 8. The molecule has 7 rings (SSSR count). The van der Waals surface area contributed by atoms with Crippen LogP contribution in [0.3, 0.4) is 0 Å². The summed E-state index contributed by atoms with van der Waals surface area (Å²) in [5, 5.41) is 12.0. The van der Waals surface area contributed by atoms with Gasteiger partial charge in [-0.05, 0) is 61.2 Å². The molecule has 0 aromatic rings. The third kappa shape index (κ3) is 2.66. The third-order valence-electron chi connectivity index (χ3n) is 11.7. The van der Waals surface area contributed by atoms with Crippen LogP contribution >= 0.6 is 9.47 Å². The van der Waals surface area contributed by atoms with Crippen LogP contribution in [0.5, 0.6) is 0 Å². The molecule has 1 N–H and O–H groups in total. The molecule has 3 aliphatic heterocycles. The van der Waals surface area contributed by atoms with Crippen LogP contribution in [0.15, 0.2) is 0 Å². The Morgan fingerprint density at radius 1 is 0.912 bits per heavy atom. The Balaban J connectivity index is 1.26. The first-order chi connectivity index (χ1) is 16.3. The van der Waals surface area contributed by atoms with E-state index in [4.69, 9.17) is 32.9 Å². The minimum atomic E-state index is -0.933. The van der Waals surface area contributed by atoms with Gasteiger partial charge >= 0.3 is 0 Å². The van der Waals surface area contributed by atoms with E-state index in [1.54, 1.807) is 0 Å². The van der Waals surface area contributed by atoms with Crippen molar-refractivity contribution >= 4 is 9.47 Å². The molecule has 11 atom stereocenters. The topological polar surface area (TPSA) is 84.8 Å². The second-order valence-corrected chi connectivity index (χ2v) is 12.7. The van der Waals surface area contributed by atoms with E-state index >= 15 is 0 Å². The van der Waals surface area contributed by atoms with E-state index in [9.17, 15) is 5.11 Å². The van der Waals surface area contributed by atoms with Crippen LogP contribution in [0.2, 0.25) is 0 Å². The number of fused-ring (bicyclic) bond motifs is 7. The molecule has 3 spiro atoms. The molecule has 8 nitrogen and oxygen atoms in total. The van der Waals surface area contributed by atoms with E-state index in [1.807, 2.05) is 0 Å². The summed E-state index contributed by atoms with van der Waals surface area (Å²) in [5.74, 6) is 0.0663. The molecule has 5 unspecified atom stereocenters. The van der Waals surface area contributed by atoms with Gasteiger partial charge in [-0.3, -0.25) is 0 Å². The molecule has 0 amide bonds. The molecule has 0 aromatic heterocycles. The first kappa shape index (κ1) is 23.2. The van der Waals surface area contributed by atoms with Crippen LogP contribution in [0.1, 0.15) is 58.8 Å². The molecule has 34 heavy (non-hydrogen) atoms. The van der Waals surface area contributed by atoms with Crippen LogP contribution in [0.4, 0.5) is 0 Å². The predicted octanol–water partition coefficient (Wildman–Crippen LogP) is 2.97. The lowest BCUT2D eigenvalue weighted by Crippen LogP contribution is -2.70. The van der Waals surface area contributed by atoms with Gasteiger partial charge in [-0.15, -0.1) is 0 Å². The SMILES string of the molecule is C[C@]12CCC3(C[C@H]1C[C@@H](OP)C1C2C[C@H](O)[C@@]2(C)C1CC[C@@]21OCOC12COCO2)OCCO3. The average Bonchev–Trinajstić information content (AvgIpc) is 3.61. The maximum absolute atomic E-state index is 12.0. The fourth-order valence-electron chi connectivity index (χ4n) is 10.00. The Hall–Kier alpha value is 0.110. The van der Waals surface area contributed by atoms with Crippen LogP contribution in [0.25, 0.3) is 0 Å².